The number of nitriles is 1. The first-order chi connectivity index (χ1) is 6.60. The van der Waals surface area contributed by atoms with Crippen molar-refractivity contribution in [1.82, 2.24) is 0 Å². The summed E-state index contributed by atoms with van der Waals surface area (Å²) >= 11 is 6.46. The van der Waals surface area contributed by atoms with Crippen LogP contribution in [0.5, 0.6) is 0 Å². The molecule has 0 radical (unpaired) electrons. The van der Waals surface area contributed by atoms with Gasteiger partial charge in [-0.05, 0) is 44.0 Å². The zero-order valence-electron chi connectivity index (χ0n) is 7.17. The van der Waals surface area contributed by atoms with Crippen molar-refractivity contribution in [2.24, 2.45) is 0 Å². The summed E-state index contributed by atoms with van der Waals surface area (Å²) in [6.07, 6.45) is 0. The summed E-state index contributed by atoms with van der Waals surface area (Å²) in [4.78, 5) is 11.3. The van der Waals surface area contributed by atoms with Gasteiger partial charge in [0.05, 0.1) is 24.3 Å². The Morgan fingerprint density at radius 2 is 2.14 bits per heavy atom. The molecule has 1 rings (SSSR count). The van der Waals surface area contributed by atoms with Crippen LogP contribution < -0.4 is 0 Å². The lowest BCUT2D eigenvalue weighted by Gasteiger charge is -2.04. The molecule has 3 nitrogen and oxygen atoms in total. The Hall–Kier alpha value is -0.860. The summed E-state index contributed by atoms with van der Waals surface area (Å²) in [5, 5.41) is 8.69. The maximum Gasteiger partial charge on any atom is 0.339 e. The predicted molar refractivity (Wildman–Crippen MR) is 57.9 cm³/mol. The fourth-order valence-electron chi connectivity index (χ4n) is 0.912. The Kier molecular flexibility index (Phi) is 3.67. The standard InChI is InChI=1S/C9H5Br2NO2/c1-14-9(13)6-2-5(4-12)3-7(10)8(6)11/h2-3H,1H3. The molecule has 0 N–H and O–H groups in total. The molecule has 0 spiro atoms. The third-order valence-electron chi connectivity index (χ3n) is 1.56. The molecule has 0 aliphatic carbocycles. The predicted octanol–water partition coefficient (Wildman–Crippen LogP) is 2.87. The van der Waals surface area contributed by atoms with Crippen molar-refractivity contribution in [2.75, 3.05) is 7.11 Å². The fourth-order valence-corrected chi connectivity index (χ4v) is 1.76. The van der Waals surface area contributed by atoms with Crippen LogP contribution in [0.25, 0.3) is 0 Å². The Morgan fingerprint density at radius 1 is 1.50 bits per heavy atom. The average molecular weight is 319 g/mol. The van der Waals surface area contributed by atoms with Gasteiger partial charge < -0.3 is 4.74 Å². The molecule has 0 amide bonds. The fraction of sp³-hybridized carbons (Fsp3) is 0.111. The molecule has 5 heteroatoms. The van der Waals surface area contributed by atoms with Crippen LogP contribution in [0.3, 0.4) is 0 Å². The van der Waals surface area contributed by atoms with E-state index in [1.165, 1.54) is 13.2 Å². The second kappa shape index (κ2) is 4.58. The van der Waals surface area contributed by atoms with Crippen molar-refractivity contribution in [3.63, 3.8) is 0 Å². The van der Waals surface area contributed by atoms with Crippen LogP contribution in [0.4, 0.5) is 0 Å². The number of benzene rings is 1. The molecule has 0 atom stereocenters. The molecule has 72 valence electrons. The topological polar surface area (TPSA) is 50.1 Å². The lowest BCUT2D eigenvalue weighted by molar-refractivity contribution is 0.0599. The van der Waals surface area contributed by atoms with Crippen LogP contribution in [0.2, 0.25) is 0 Å². The summed E-state index contributed by atoms with van der Waals surface area (Å²) < 4.78 is 5.81. The maximum absolute atomic E-state index is 11.3. The van der Waals surface area contributed by atoms with Gasteiger partial charge in [-0.1, -0.05) is 0 Å². The first-order valence-corrected chi connectivity index (χ1v) is 5.16. The molecule has 0 saturated carbocycles. The molecule has 1 aromatic carbocycles. The van der Waals surface area contributed by atoms with E-state index in [2.05, 4.69) is 36.6 Å². The minimum atomic E-state index is -0.477. The lowest BCUT2D eigenvalue weighted by atomic mass is 10.1. The largest absolute Gasteiger partial charge is 0.465 e. The van der Waals surface area contributed by atoms with Crippen molar-refractivity contribution in [3.05, 3.63) is 32.2 Å². The highest BCUT2D eigenvalue weighted by molar-refractivity contribution is 9.13. The second-order valence-corrected chi connectivity index (χ2v) is 4.07. The number of hydrogen-bond acceptors (Lipinski definition) is 3. The van der Waals surface area contributed by atoms with E-state index in [9.17, 15) is 4.79 Å². The van der Waals surface area contributed by atoms with Gasteiger partial charge in [0, 0.05) is 8.95 Å². The molecular formula is C9H5Br2NO2. The number of methoxy groups -OCH3 is 1. The van der Waals surface area contributed by atoms with Crippen molar-refractivity contribution in [1.29, 1.82) is 5.26 Å². The minimum absolute atomic E-state index is 0.332. The van der Waals surface area contributed by atoms with E-state index in [-0.39, 0.29) is 0 Å². The van der Waals surface area contributed by atoms with E-state index in [0.29, 0.717) is 20.1 Å². The van der Waals surface area contributed by atoms with Crippen LogP contribution in [0, 0.1) is 11.3 Å². The number of nitrogens with zero attached hydrogens (tertiary/aromatic N) is 1. The van der Waals surface area contributed by atoms with Crippen LogP contribution >= 0.6 is 31.9 Å². The number of hydrogen-bond donors (Lipinski definition) is 0. The molecule has 0 saturated heterocycles. The molecule has 1 aromatic rings. The summed E-state index contributed by atoms with van der Waals surface area (Å²) in [6.45, 7) is 0. The number of carbonyl (C=O) groups excluding carboxylic acids is 1. The van der Waals surface area contributed by atoms with Gasteiger partial charge in [0.25, 0.3) is 0 Å². The molecule has 14 heavy (non-hydrogen) atoms. The Bertz CT molecular complexity index is 424. The molecule has 0 aliphatic rings. The summed E-state index contributed by atoms with van der Waals surface area (Å²) in [5.74, 6) is -0.477. The summed E-state index contributed by atoms with van der Waals surface area (Å²) in [6, 6.07) is 5.05. The quantitative estimate of drug-likeness (QED) is 0.748. The second-order valence-electron chi connectivity index (χ2n) is 2.42. The Labute approximate surface area is 97.9 Å². The number of ether oxygens (including phenoxy) is 1. The lowest BCUT2D eigenvalue weighted by Crippen LogP contribution is -2.03. The molecule has 0 bridgehead atoms. The van der Waals surface area contributed by atoms with Gasteiger partial charge in [-0.25, -0.2) is 4.79 Å². The molecular weight excluding hydrogens is 314 g/mol. The molecule has 0 aromatic heterocycles. The van der Waals surface area contributed by atoms with E-state index in [4.69, 9.17) is 5.26 Å². The van der Waals surface area contributed by atoms with Crippen molar-refractivity contribution in [2.45, 2.75) is 0 Å². The minimum Gasteiger partial charge on any atom is -0.465 e. The maximum atomic E-state index is 11.3. The van der Waals surface area contributed by atoms with E-state index in [1.54, 1.807) is 6.07 Å². The van der Waals surface area contributed by atoms with Gasteiger partial charge in [-0.3, -0.25) is 0 Å². The number of halogens is 2. The average Bonchev–Trinajstić information content (AvgIpc) is 2.20. The Balaban J connectivity index is 3.36. The monoisotopic (exact) mass is 317 g/mol. The first kappa shape index (κ1) is 11.2. The third kappa shape index (κ3) is 2.14. The van der Waals surface area contributed by atoms with Gasteiger partial charge >= 0.3 is 5.97 Å². The third-order valence-corrected chi connectivity index (χ3v) is 3.57. The molecule has 0 fully saturated rings. The molecule has 0 unspecified atom stereocenters. The normalized spacial score (nSPS) is 9.29. The van der Waals surface area contributed by atoms with E-state index >= 15 is 0 Å². The van der Waals surface area contributed by atoms with Crippen LogP contribution in [-0.2, 0) is 4.74 Å². The highest BCUT2D eigenvalue weighted by atomic mass is 79.9. The van der Waals surface area contributed by atoms with Gasteiger partial charge in [-0.2, -0.15) is 5.26 Å². The first-order valence-electron chi connectivity index (χ1n) is 3.57. The van der Waals surface area contributed by atoms with E-state index in [0.717, 1.165) is 0 Å². The highest BCUT2D eigenvalue weighted by Crippen LogP contribution is 2.28. The van der Waals surface area contributed by atoms with Crippen molar-refractivity contribution < 1.29 is 9.53 Å². The smallest absolute Gasteiger partial charge is 0.339 e. The summed E-state index contributed by atoms with van der Waals surface area (Å²) in [7, 11) is 1.29. The van der Waals surface area contributed by atoms with Crippen molar-refractivity contribution >= 4 is 37.8 Å². The number of rotatable bonds is 1. The van der Waals surface area contributed by atoms with Gasteiger partial charge in [-0.15, -0.1) is 0 Å². The summed E-state index contributed by atoms with van der Waals surface area (Å²) in [5.41, 5.74) is 0.735. The zero-order valence-corrected chi connectivity index (χ0v) is 10.3. The molecule has 0 aliphatic heterocycles. The van der Waals surface area contributed by atoms with Gasteiger partial charge in [0.2, 0.25) is 0 Å². The highest BCUT2D eigenvalue weighted by Gasteiger charge is 2.14. The SMILES string of the molecule is COC(=O)c1cc(C#N)cc(Br)c1Br. The number of carbonyl (C=O) groups is 1. The van der Waals surface area contributed by atoms with Crippen molar-refractivity contribution in [3.8, 4) is 6.07 Å². The molecule has 0 heterocycles. The van der Waals surface area contributed by atoms with Gasteiger partial charge in [0.15, 0.2) is 0 Å². The number of esters is 1. The zero-order chi connectivity index (χ0) is 10.7. The van der Waals surface area contributed by atoms with E-state index < -0.39 is 5.97 Å². The van der Waals surface area contributed by atoms with Gasteiger partial charge in [0.1, 0.15) is 0 Å². The Morgan fingerprint density at radius 3 is 2.64 bits per heavy atom. The van der Waals surface area contributed by atoms with E-state index in [1.807, 2.05) is 6.07 Å². The van der Waals surface area contributed by atoms with Crippen LogP contribution in [0.1, 0.15) is 15.9 Å². The van der Waals surface area contributed by atoms with Crippen LogP contribution in [0.15, 0.2) is 21.1 Å². The van der Waals surface area contributed by atoms with Crippen LogP contribution in [-0.4, -0.2) is 13.1 Å².